The minimum Gasteiger partial charge on any atom is -0.347 e. The molecule has 4 aromatic rings. The highest BCUT2D eigenvalue weighted by Gasteiger charge is 2.26. The molecule has 34 heavy (non-hydrogen) atoms. The molecule has 7 heteroatoms. The molecule has 5 rings (SSSR count). The monoisotopic (exact) mass is 452 g/mol. The van der Waals surface area contributed by atoms with Crippen molar-refractivity contribution in [1.82, 2.24) is 25.1 Å². The third-order valence-electron chi connectivity index (χ3n) is 6.21. The molecule has 0 radical (unpaired) electrons. The Morgan fingerprint density at radius 1 is 1.03 bits per heavy atom. The van der Waals surface area contributed by atoms with Crippen LogP contribution < -0.4 is 10.2 Å². The van der Waals surface area contributed by atoms with Crippen molar-refractivity contribution >= 4 is 11.9 Å². The number of para-hydroxylation sites is 1. The lowest BCUT2D eigenvalue weighted by molar-refractivity contribution is 0.0933. The average Bonchev–Trinajstić information content (AvgIpc) is 3.31. The highest BCUT2D eigenvalue weighted by atomic mass is 16.1. The molecule has 1 unspecified atom stereocenters. The molecule has 1 saturated heterocycles. The molecule has 1 N–H and O–H groups in total. The van der Waals surface area contributed by atoms with Crippen LogP contribution in [0.15, 0.2) is 73.2 Å². The summed E-state index contributed by atoms with van der Waals surface area (Å²) < 4.78 is 1.79. The standard InChI is InChI=1S/C27H28N6O/c1-19-11-12-23(20(2)16-19)25-24(18-33(31-25)22-9-4-3-5-10-22)26(34)30-21-8-6-15-32(17-21)27-28-13-7-14-29-27/h3-5,7,9-14,16,18,21H,6,8,15,17H2,1-2H3,(H,30,34). The Balaban J connectivity index is 1.44. The smallest absolute Gasteiger partial charge is 0.255 e. The van der Waals surface area contributed by atoms with Gasteiger partial charge in [-0.1, -0.05) is 42.0 Å². The van der Waals surface area contributed by atoms with Gasteiger partial charge < -0.3 is 10.2 Å². The van der Waals surface area contributed by atoms with E-state index in [4.69, 9.17) is 5.10 Å². The first-order valence-corrected chi connectivity index (χ1v) is 11.6. The highest BCUT2D eigenvalue weighted by Crippen LogP contribution is 2.28. The second-order valence-corrected chi connectivity index (χ2v) is 8.80. The van der Waals surface area contributed by atoms with Crippen LogP contribution in [-0.4, -0.2) is 44.8 Å². The number of aryl methyl sites for hydroxylation is 2. The van der Waals surface area contributed by atoms with Crippen LogP contribution in [0.1, 0.15) is 34.3 Å². The quantitative estimate of drug-likeness (QED) is 0.487. The molecule has 2 aromatic heterocycles. The van der Waals surface area contributed by atoms with Crippen LogP contribution in [0, 0.1) is 13.8 Å². The van der Waals surface area contributed by atoms with Gasteiger partial charge in [0, 0.05) is 43.3 Å². The topological polar surface area (TPSA) is 75.9 Å². The first kappa shape index (κ1) is 21.8. The Kier molecular flexibility index (Phi) is 6.08. The van der Waals surface area contributed by atoms with Crippen molar-refractivity contribution in [3.63, 3.8) is 0 Å². The van der Waals surface area contributed by atoms with E-state index < -0.39 is 0 Å². The van der Waals surface area contributed by atoms with Crippen molar-refractivity contribution in [2.75, 3.05) is 18.0 Å². The molecule has 7 nitrogen and oxygen atoms in total. The van der Waals surface area contributed by atoms with Crippen molar-refractivity contribution in [2.24, 2.45) is 0 Å². The fourth-order valence-electron chi connectivity index (χ4n) is 4.53. The Hall–Kier alpha value is -4.00. The summed E-state index contributed by atoms with van der Waals surface area (Å²) in [5.74, 6) is 0.590. The highest BCUT2D eigenvalue weighted by molar-refractivity contribution is 6.00. The zero-order valence-corrected chi connectivity index (χ0v) is 19.5. The Morgan fingerprint density at radius 2 is 1.82 bits per heavy atom. The van der Waals surface area contributed by atoms with Gasteiger partial charge in [0.25, 0.3) is 5.91 Å². The molecule has 1 aliphatic heterocycles. The van der Waals surface area contributed by atoms with E-state index in [0.717, 1.165) is 36.2 Å². The number of amides is 1. The van der Waals surface area contributed by atoms with Gasteiger partial charge in [-0.3, -0.25) is 4.79 Å². The fourth-order valence-corrected chi connectivity index (χ4v) is 4.53. The van der Waals surface area contributed by atoms with Gasteiger partial charge in [-0.2, -0.15) is 5.10 Å². The summed E-state index contributed by atoms with van der Waals surface area (Å²) in [6, 6.07) is 17.9. The number of rotatable bonds is 5. The average molecular weight is 453 g/mol. The summed E-state index contributed by atoms with van der Waals surface area (Å²) in [4.78, 5) is 24.4. The predicted octanol–water partition coefficient (Wildman–Crippen LogP) is 4.34. The SMILES string of the molecule is Cc1ccc(-c2nn(-c3ccccc3)cc2C(=O)NC2CCCN(c3ncccn3)C2)c(C)c1. The van der Waals surface area contributed by atoms with Gasteiger partial charge in [-0.15, -0.1) is 0 Å². The second-order valence-electron chi connectivity index (χ2n) is 8.80. The van der Waals surface area contributed by atoms with Crippen LogP contribution in [0.4, 0.5) is 5.95 Å². The van der Waals surface area contributed by atoms with Gasteiger partial charge >= 0.3 is 0 Å². The second kappa shape index (κ2) is 9.47. The molecule has 1 aliphatic rings. The van der Waals surface area contributed by atoms with Gasteiger partial charge in [0.1, 0.15) is 5.69 Å². The molecule has 1 atom stereocenters. The van der Waals surface area contributed by atoms with Crippen LogP contribution in [-0.2, 0) is 0 Å². The Bertz CT molecular complexity index is 1290. The van der Waals surface area contributed by atoms with E-state index in [0.29, 0.717) is 23.8 Å². The third kappa shape index (κ3) is 4.55. The molecule has 0 saturated carbocycles. The van der Waals surface area contributed by atoms with Crippen LogP contribution in [0.3, 0.4) is 0 Å². The van der Waals surface area contributed by atoms with E-state index >= 15 is 0 Å². The zero-order valence-electron chi connectivity index (χ0n) is 19.5. The number of aromatic nitrogens is 4. The van der Waals surface area contributed by atoms with Gasteiger partial charge in [0.05, 0.1) is 11.3 Å². The summed E-state index contributed by atoms with van der Waals surface area (Å²) in [5, 5.41) is 8.09. The number of hydrogen-bond donors (Lipinski definition) is 1. The van der Waals surface area contributed by atoms with Crippen LogP contribution in [0.25, 0.3) is 16.9 Å². The van der Waals surface area contributed by atoms with Crippen molar-refractivity contribution in [3.8, 4) is 16.9 Å². The molecule has 1 amide bonds. The number of piperidine rings is 1. The number of carbonyl (C=O) groups is 1. The van der Waals surface area contributed by atoms with Gasteiger partial charge in [-0.25, -0.2) is 14.6 Å². The van der Waals surface area contributed by atoms with Crippen molar-refractivity contribution in [1.29, 1.82) is 0 Å². The lowest BCUT2D eigenvalue weighted by atomic mass is 10.00. The summed E-state index contributed by atoms with van der Waals surface area (Å²) in [6.45, 7) is 5.69. The molecule has 2 aromatic carbocycles. The molecule has 0 spiro atoms. The minimum absolute atomic E-state index is 0.0112. The van der Waals surface area contributed by atoms with E-state index in [2.05, 4.69) is 46.2 Å². The normalized spacial score (nSPS) is 15.8. The number of nitrogens with zero attached hydrogens (tertiary/aromatic N) is 5. The molecular weight excluding hydrogens is 424 g/mol. The van der Waals surface area contributed by atoms with Gasteiger partial charge in [-0.05, 0) is 50.5 Å². The summed E-state index contributed by atoms with van der Waals surface area (Å²) in [7, 11) is 0. The molecule has 3 heterocycles. The molecule has 0 bridgehead atoms. The summed E-state index contributed by atoms with van der Waals surface area (Å²) >= 11 is 0. The van der Waals surface area contributed by atoms with E-state index in [1.807, 2.05) is 48.7 Å². The molecule has 1 fully saturated rings. The van der Waals surface area contributed by atoms with E-state index in [9.17, 15) is 4.79 Å². The number of anilines is 1. The van der Waals surface area contributed by atoms with Crippen LogP contribution in [0.2, 0.25) is 0 Å². The first-order chi connectivity index (χ1) is 16.6. The first-order valence-electron chi connectivity index (χ1n) is 11.6. The predicted molar refractivity (Wildman–Crippen MR) is 133 cm³/mol. The number of nitrogens with one attached hydrogen (secondary N) is 1. The van der Waals surface area contributed by atoms with E-state index in [1.165, 1.54) is 5.56 Å². The lowest BCUT2D eigenvalue weighted by Gasteiger charge is -2.33. The summed E-state index contributed by atoms with van der Waals surface area (Å²) in [5.41, 5.74) is 5.42. The van der Waals surface area contributed by atoms with Crippen molar-refractivity contribution in [2.45, 2.75) is 32.7 Å². The van der Waals surface area contributed by atoms with Crippen LogP contribution >= 0.6 is 0 Å². The van der Waals surface area contributed by atoms with Gasteiger partial charge in [0.15, 0.2) is 0 Å². The maximum atomic E-state index is 13.6. The van der Waals surface area contributed by atoms with E-state index in [-0.39, 0.29) is 11.9 Å². The number of carbonyl (C=O) groups excluding carboxylic acids is 1. The maximum absolute atomic E-state index is 13.6. The fraction of sp³-hybridized carbons (Fsp3) is 0.259. The lowest BCUT2D eigenvalue weighted by Crippen LogP contribution is -2.48. The number of benzene rings is 2. The third-order valence-corrected chi connectivity index (χ3v) is 6.21. The minimum atomic E-state index is -0.113. The largest absolute Gasteiger partial charge is 0.347 e. The van der Waals surface area contributed by atoms with Crippen molar-refractivity contribution < 1.29 is 4.79 Å². The Labute approximate surface area is 199 Å². The van der Waals surface area contributed by atoms with Crippen LogP contribution in [0.5, 0.6) is 0 Å². The number of hydrogen-bond acceptors (Lipinski definition) is 5. The molecule has 0 aliphatic carbocycles. The van der Waals surface area contributed by atoms with Crippen molar-refractivity contribution in [3.05, 3.63) is 89.9 Å². The van der Waals surface area contributed by atoms with E-state index in [1.54, 1.807) is 17.1 Å². The molecule has 172 valence electrons. The Morgan fingerprint density at radius 3 is 2.59 bits per heavy atom. The van der Waals surface area contributed by atoms with Gasteiger partial charge in [0.2, 0.25) is 5.95 Å². The summed E-state index contributed by atoms with van der Waals surface area (Å²) in [6.07, 6.45) is 7.22. The maximum Gasteiger partial charge on any atom is 0.255 e. The molecular formula is C27H28N6O. The zero-order chi connectivity index (χ0) is 23.5.